The molecule has 0 unspecified atom stereocenters. The molecule has 0 saturated heterocycles. The van der Waals surface area contributed by atoms with E-state index in [-0.39, 0.29) is 6.10 Å². The fourth-order valence-electron chi connectivity index (χ4n) is 1.20. The molecule has 0 aromatic carbocycles. The predicted molar refractivity (Wildman–Crippen MR) is 46.4 cm³/mol. The molecule has 0 radical (unpaired) electrons. The summed E-state index contributed by atoms with van der Waals surface area (Å²) in [7, 11) is 0. The van der Waals surface area contributed by atoms with E-state index in [0.717, 1.165) is 6.42 Å². The molecular formula is C9H20O2. The second kappa shape index (κ2) is 4.07. The maximum Gasteiger partial charge on any atom is 0.0616 e. The number of hydrogen-bond acceptors (Lipinski definition) is 2. The summed E-state index contributed by atoms with van der Waals surface area (Å²) in [6.45, 7) is 7.56. The van der Waals surface area contributed by atoms with Gasteiger partial charge in [-0.1, -0.05) is 13.8 Å². The minimum absolute atomic E-state index is 0.366. The molecule has 0 aliphatic carbocycles. The number of hydrogen-bond donors (Lipinski definition) is 2. The van der Waals surface area contributed by atoms with Gasteiger partial charge < -0.3 is 10.2 Å². The molecule has 0 rings (SSSR count). The van der Waals surface area contributed by atoms with Crippen molar-refractivity contribution in [3.05, 3.63) is 0 Å². The molecule has 1 atom stereocenters. The number of aliphatic hydroxyl groups is 2. The van der Waals surface area contributed by atoms with Crippen LogP contribution in [-0.2, 0) is 0 Å². The molecule has 2 N–H and O–H groups in total. The van der Waals surface area contributed by atoms with E-state index in [1.807, 2.05) is 0 Å². The molecule has 0 bridgehead atoms. The second-order valence-corrected chi connectivity index (χ2v) is 4.30. The lowest BCUT2D eigenvalue weighted by Gasteiger charge is -2.22. The van der Waals surface area contributed by atoms with E-state index in [1.54, 1.807) is 13.8 Å². The van der Waals surface area contributed by atoms with Gasteiger partial charge >= 0.3 is 0 Å². The number of rotatable bonds is 4. The van der Waals surface area contributed by atoms with Gasteiger partial charge in [-0.05, 0) is 26.2 Å². The van der Waals surface area contributed by atoms with Gasteiger partial charge in [0.25, 0.3) is 0 Å². The van der Waals surface area contributed by atoms with Crippen molar-refractivity contribution in [3.63, 3.8) is 0 Å². The van der Waals surface area contributed by atoms with E-state index in [1.165, 1.54) is 0 Å². The van der Waals surface area contributed by atoms with E-state index in [4.69, 9.17) is 0 Å². The fraction of sp³-hybridized carbons (Fsp3) is 1.00. The van der Waals surface area contributed by atoms with Gasteiger partial charge in [-0.2, -0.15) is 0 Å². The lowest BCUT2D eigenvalue weighted by atomic mass is 9.95. The Hall–Kier alpha value is -0.0800. The molecule has 0 aromatic heterocycles. The van der Waals surface area contributed by atoms with Gasteiger partial charge in [0.1, 0.15) is 0 Å². The third-order valence-electron chi connectivity index (χ3n) is 1.48. The van der Waals surface area contributed by atoms with Crippen LogP contribution in [0.25, 0.3) is 0 Å². The van der Waals surface area contributed by atoms with Crippen molar-refractivity contribution in [2.45, 2.75) is 52.2 Å². The molecule has 0 fully saturated rings. The molecule has 0 saturated carbocycles. The fourth-order valence-corrected chi connectivity index (χ4v) is 1.20. The van der Waals surface area contributed by atoms with E-state index >= 15 is 0 Å². The summed E-state index contributed by atoms with van der Waals surface area (Å²) in [5, 5.41) is 18.7. The number of aliphatic hydroxyl groups excluding tert-OH is 1. The second-order valence-electron chi connectivity index (χ2n) is 4.30. The van der Waals surface area contributed by atoms with Crippen molar-refractivity contribution in [1.29, 1.82) is 0 Å². The molecule has 68 valence electrons. The zero-order valence-electron chi connectivity index (χ0n) is 7.96. The summed E-state index contributed by atoms with van der Waals surface area (Å²) in [4.78, 5) is 0. The molecule has 0 amide bonds. The van der Waals surface area contributed by atoms with Crippen LogP contribution < -0.4 is 0 Å². The van der Waals surface area contributed by atoms with Crippen molar-refractivity contribution in [2.24, 2.45) is 5.92 Å². The summed E-state index contributed by atoms with van der Waals surface area (Å²) >= 11 is 0. The van der Waals surface area contributed by atoms with Gasteiger partial charge in [-0.15, -0.1) is 0 Å². The highest BCUT2D eigenvalue weighted by molar-refractivity contribution is 4.71. The first-order chi connectivity index (χ1) is 4.81. The summed E-state index contributed by atoms with van der Waals surface area (Å²) in [6, 6.07) is 0. The van der Waals surface area contributed by atoms with Crippen LogP contribution in [0.3, 0.4) is 0 Å². The van der Waals surface area contributed by atoms with Crippen LogP contribution in [0.4, 0.5) is 0 Å². The average molecular weight is 160 g/mol. The molecule has 2 heteroatoms. The van der Waals surface area contributed by atoms with Crippen LogP contribution in [0.2, 0.25) is 0 Å². The van der Waals surface area contributed by atoms with E-state index in [2.05, 4.69) is 13.8 Å². The molecule has 2 nitrogen and oxygen atoms in total. The molecule has 0 heterocycles. The normalized spacial score (nSPS) is 15.5. The average Bonchev–Trinajstić information content (AvgIpc) is 1.53. The predicted octanol–water partition coefficient (Wildman–Crippen LogP) is 1.55. The van der Waals surface area contributed by atoms with Crippen molar-refractivity contribution in [1.82, 2.24) is 0 Å². The molecule has 0 spiro atoms. The Kier molecular flexibility index (Phi) is 4.04. The van der Waals surface area contributed by atoms with Gasteiger partial charge in [0.2, 0.25) is 0 Å². The largest absolute Gasteiger partial charge is 0.393 e. The van der Waals surface area contributed by atoms with Crippen LogP contribution in [0, 0.1) is 5.92 Å². The molecular weight excluding hydrogens is 140 g/mol. The van der Waals surface area contributed by atoms with Crippen LogP contribution in [0.1, 0.15) is 40.5 Å². The topological polar surface area (TPSA) is 40.5 Å². The first-order valence-electron chi connectivity index (χ1n) is 4.21. The first kappa shape index (κ1) is 10.9. The van der Waals surface area contributed by atoms with Gasteiger partial charge in [0.15, 0.2) is 0 Å². The Morgan fingerprint density at radius 1 is 1.27 bits per heavy atom. The van der Waals surface area contributed by atoms with Crippen LogP contribution in [0.15, 0.2) is 0 Å². The van der Waals surface area contributed by atoms with Gasteiger partial charge in [0, 0.05) is 6.42 Å². The smallest absolute Gasteiger partial charge is 0.0616 e. The summed E-state index contributed by atoms with van der Waals surface area (Å²) in [5.41, 5.74) is -0.742. The molecule has 0 aromatic rings. The molecule has 0 aliphatic heterocycles. The quantitative estimate of drug-likeness (QED) is 0.655. The van der Waals surface area contributed by atoms with Gasteiger partial charge in [-0.25, -0.2) is 0 Å². The van der Waals surface area contributed by atoms with E-state index in [0.29, 0.717) is 12.3 Å². The Bertz CT molecular complexity index is 103. The maximum atomic E-state index is 9.40. The minimum Gasteiger partial charge on any atom is -0.393 e. The maximum absolute atomic E-state index is 9.40. The van der Waals surface area contributed by atoms with Crippen LogP contribution in [0.5, 0.6) is 0 Å². The van der Waals surface area contributed by atoms with Crippen molar-refractivity contribution < 1.29 is 10.2 Å². The Balaban J connectivity index is 3.61. The Morgan fingerprint density at radius 2 is 1.73 bits per heavy atom. The lowest BCUT2D eigenvalue weighted by molar-refractivity contribution is 0.0119. The van der Waals surface area contributed by atoms with Crippen molar-refractivity contribution in [2.75, 3.05) is 0 Å². The van der Waals surface area contributed by atoms with E-state index < -0.39 is 5.60 Å². The van der Waals surface area contributed by atoms with Gasteiger partial charge in [-0.3, -0.25) is 0 Å². The van der Waals surface area contributed by atoms with E-state index in [9.17, 15) is 10.2 Å². The Morgan fingerprint density at radius 3 is 2.00 bits per heavy atom. The monoisotopic (exact) mass is 160 g/mol. The third-order valence-corrected chi connectivity index (χ3v) is 1.48. The molecule has 11 heavy (non-hydrogen) atoms. The first-order valence-corrected chi connectivity index (χ1v) is 4.21. The molecule has 0 aliphatic rings. The third kappa shape index (κ3) is 7.82. The minimum atomic E-state index is -0.742. The van der Waals surface area contributed by atoms with Crippen LogP contribution in [-0.4, -0.2) is 21.9 Å². The Labute approximate surface area is 69.2 Å². The van der Waals surface area contributed by atoms with Crippen molar-refractivity contribution in [3.8, 4) is 0 Å². The lowest BCUT2D eigenvalue weighted by Crippen LogP contribution is -2.26. The highest BCUT2D eigenvalue weighted by Crippen LogP contribution is 2.15. The summed E-state index contributed by atoms with van der Waals surface area (Å²) in [6.07, 6.45) is 0.866. The highest BCUT2D eigenvalue weighted by atomic mass is 16.3. The highest BCUT2D eigenvalue weighted by Gasteiger charge is 2.18. The van der Waals surface area contributed by atoms with Gasteiger partial charge in [0.05, 0.1) is 11.7 Å². The zero-order chi connectivity index (χ0) is 9.07. The SMILES string of the molecule is CC(C)C[C@@H](O)CC(C)(C)O. The summed E-state index contributed by atoms with van der Waals surface area (Å²) in [5.74, 6) is 0.493. The zero-order valence-corrected chi connectivity index (χ0v) is 7.96. The van der Waals surface area contributed by atoms with Crippen LogP contribution >= 0.6 is 0 Å². The summed E-state index contributed by atoms with van der Waals surface area (Å²) < 4.78 is 0. The standard InChI is InChI=1S/C9H20O2/c1-7(2)5-8(10)6-9(3,4)11/h7-8,10-11H,5-6H2,1-4H3/t8-/m1/s1. The van der Waals surface area contributed by atoms with Crippen molar-refractivity contribution >= 4 is 0 Å².